The van der Waals surface area contributed by atoms with Crippen LogP contribution < -0.4 is 5.32 Å². The van der Waals surface area contributed by atoms with Gasteiger partial charge in [-0.2, -0.15) is 4.99 Å². The second-order valence-electron chi connectivity index (χ2n) is 5.40. The van der Waals surface area contributed by atoms with Crippen molar-refractivity contribution in [1.82, 2.24) is 10.3 Å². The molecule has 1 aromatic carbocycles. The maximum atomic E-state index is 12.2. The van der Waals surface area contributed by atoms with Crippen LogP contribution in [0.5, 0.6) is 0 Å². The number of nitrogens with zero attached hydrogens (tertiary/aromatic N) is 3. The van der Waals surface area contributed by atoms with E-state index in [0.29, 0.717) is 28.2 Å². The first-order valence-electron chi connectivity index (χ1n) is 8.09. The van der Waals surface area contributed by atoms with Crippen molar-refractivity contribution in [2.45, 2.75) is 13.3 Å². The summed E-state index contributed by atoms with van der Waals surface area (Å²) in [6.07, 6.45) is 1.51. The molecule has 2 aromatic rings. The van der Waals surface area contributed by atoms with Gasteiger partial charge in [-0.1, -0.05) is 12.1 Å². The number of aromatic nitrogens is 1. The first-order valence-corrected chi connectivity index (χ1v) is 9.79. The summed E-state index contributed by atoms with van der Waals surface area (Å²) < 4.78 is 4.87. The summed E-state index contributed by atoms with van der Waals surface area (Å²) in [4.78, 5) is 43.0. The first-order chi connectivity index (χ1) is 13.5. The number of ether oxygens (including phenoxy) is 1. The molecule has 0 spiro atoms. The Morgan fingerprint density at radius 3 is 2.96 bits per heavy atom. The van der Waals surface area contributed by atoms with Crippen molar-refractivity contribution in [3.63, 3.8) is 0 Å². The summed E-state index contributed by atoms with van der Waals surface area (Å²) in [6.45, 7) is 2.03. The Balaban J connectivity index is 1.75. The summed E-state index contributed by atoms with van der Waals surface area (Å²) in [5, 5.41) is 16.1. The fourth-order valence-electron chi connectivity index (χ4n) is 2.27. The molecule has 0 radical (unpaired) electrons. The number of aliphatic imine (C=N–C) groups is 1. The molecule has 1 amide bonds. The molecule has 3 rings (SSSR count). The molecular weight excluding hydrogens is 404 g/mol. The lowest BCUT2D eigenvalue weighted by Crippen LogP contribution is -2.19. The molecular formula is C17H14N4O5S2. The second kappa shape index (κ2) is 8.76. The summed E-state index contributed by atoms with van der Waals surface area (Å²) in [5.74, 6) is -0.768. The normalized spacial score (nSPS) is 16.4. The van der Waals surface area contributed by atoms with Gasteiger partial charge in [0.25, 0.3) is 11.6 Å². The number of carbonyl (C=O) groups is 2. The number of carbonyl (C=O) groups excluding carboxylic acids is 2. The van der Waals surface area contributed by atoms with Crippen LogP contribution in [0.1, 0.15) is 18.2 Å². The highest BCUT2D eigenvalue weighted by Crippen LogP contribution is 2.31. The first kappa shape index (κ1) is 19.7. The van der Waals surface area contributed by atoms with E-state index in [1.807, 2.05) is 0 Å². The third-order valence-corrected chi connectivity index (χ3v) is 5.13. The van der Waals surface area contributed by atoms with E-state index >= 15 is 0 Å². The van der Waals surface area contributed by atoms with Crippen LogP contribution in [0.2, 0.25) is 0 Å². The molecule has 0 atom stereocenters. The van der Waals surface area contributed by atoms with E-state index in [0.717, 1.165) is 11.8 Å². The lowest BCUT2D eigenvalue weighted by atomic mass is 10.1. The van der Waals surface area contributed by atoms with Crippen molar-refractivity contribution in [3.8, 4) is 0 Å². The average molecular weight is 418 g/mol. The SMILES string of the molecule is CCOC(=O)Cc1csc(/N=C2/NC(=O)/C(=C\c3ccccc3[N+](=O)[O-])S2)n1. The lowest BCUT2D eigenvalue weighted by molar-refractivity contribution is -0.385. The van der Waals surface area contributed by atoms with Gasteiger partial charge >= 0.3 is 5.97 Å². The fraction of sp³-hybridized carbons (Fsp3) is 0.176. The van der Waals surface area contributed by atoms with Crippen LogP contribution in [0.25, 0.3) is 6.08 Å². The minimum atomic E-state index is -0.500. The van der Waals surface area contributed by atoms with E-state index in [-0.39, 0.29) is 23.0 Å². The number of benzene rings is 1. The number of amides is 1. The van der Waals surface area contributed by atoms with Crippen LogP contribution in [-0.2, 0) is 20.7 Å². The number of esters is 1. The Labute approximate surface area is 167 Å². The molecule has 0 saturated carbocycles. The molecule has 1 aromatic heterocycles. The molecule has 0 bridgehead atoms. The Hall–Kier alpha value is -3.05. The van der Waals surface area contributed by atoms with Crippen molar-refractivity contribution in [3.05, 3.63) is 55.9 Å². The molecule has 2 heterocycles. The van der Waals surface area contributed by atoms with Gasteiger partial charge in [0.15, 0.2) is 5.17 Å². The number of thiazole rings is 1. The van der Waals surface area contributed by atoms with E-state index in [2.05, 4.69) is 15.3 Å². The zero-order valence-corrected chi connectivity index (χ0v) is 16.2. The van der Waals surface area contributed by atoms with Crippen molar-refractivity contribution < 1.29 is 19.2 Å². The molecule has 11 heteroatoms. The summed E-state index contributed by atoms with van der Waals surface area (Å²) >= 11 is 2.29. The van der Waals surface area contributed by atoms with Crippen LogP contribution in [-0.4, -0.2) is 33.6 Å². The van der Waals surface area contributed by atoms with Crippen LogP contribution in [0, 0.1) is 10.1 Å². The highest BCUT2D eigenvalue weighted by atomic mass is 32.2. The van der Waals surface area contributed by atoms with Gasteiger partial charge in [-0.3, -0.25) is 19.7 Å². The summed E-state index contributed by atoms with van der Waals surface area (Å²) in [5.41, 5.74) is 0.780. The molecule has 0 aliphatic carbocycles. The highest BCUT2D eigenvalue weighted by molar-refractivity contribution is 8.18. The van der Waals surface area contributed by atoms with Crippen molar-refractivity contribution in [2.24, 2.45) is 4.99 Å². The van der Waals surface area contributed by atoms with E-state index in [4.69, 9.17) is 4.74 Å². The smallest absolute Gasteiger partial charge is 0.311 e. The van der Waals surface area contributed by atoms with Crippen LogP contribution in [0.15, 0.2) is 39.5 Å². The number of amidine groups is 1. The molecule has 1 saturated heterocycles. The predicted octanol–water partition coefficient (Wildman–Crippen LogP) is 3.05. The number of nitrogens with one attached hydrogen (secondary N) is 1. The monoisotopic (exact) mass is 418 g/mol. The molecule has 1 fully saturated rings. The van der Waals surface area contributed by atoms with Crippen LogP contribution in [0.4, 0.5) is 10.8 Å². The summed E-state index contributed by atoms with van der Waals surface area (Å²) in [6, 6.07) is 6.16. The number of hydrogen-bond donors (Lipinski definition) is 1. The third kappa shape index (κ3) is 4.81. The molecule has 28 heavy (non-hydrogen) atoms. The van der Waals surface area contributed by atoms with E-state index in [1.165, 1.54) is 23.5 Å². The average Bonchev–Trinajstić information content (AvgIpc) is 3.22. The van der Waals surface area contributed by atoms with Crippen molar-refractivity contribution in [1.29, 1.82) is 0 Å². The fourth-order valence-corrected chi connectivity index (χ4v) is 3.84. The van der Waals surface area contributed by atoms with Gasteiger partial charge < -0.3 is 10.1 Å². The van der Waals surface area contributed by atoms with Gasteiger partial charge in [-0.25, -0.2) is 4.98 Å². The largest absolute Gasteiger partial charge is 0.466 e. The van der Waals surface area contributed by atoms with Gasteiger partial charge in [0.2, 0.25) is 5.13 Å². The zero-order valence-electron chi connectivity index (χ0n) is 14.6. The van der Waals surface area contributed by atoms with Gasteiger partial charge in [0.1, 0.15) is 0 Å². The molecule has 1 N–H and O–H groups in total. The zero-order chi connectivity index (χ0) is 20.1. The number of nitro benzene ring substituents is 1. The van der Waals surface area contributed by atoms with Crippen LogP contribution in [0.3, 0.4) is 0 Å². The molecule has 0 unspecified atom stereocenters. The van der Waals surface area contributed by atoms with E-state index < -0.39 is 10.8 Å². The lowest BCUT2D eigenvalue weighted by Gasteiger charge is -1.97. The van der Waals surface area contributed by atoms with Crippen LogP contribution >= 0.6 is 23.1 Å². The molecule has 144 valence electrons. The maximum Gasteiger partial charge on any atom is 0.311 e. The minimum absolute atomic E-state index is 0.0531. The maximum absolute atomic E-state index is 12.2. The van der Waals surface area contributed by atoms with Gasteiger partial charge in [-0.15, -0.1) is 11.3 Å². The topological polar surface area (TPSA) is 124 Å². The standard InChI is InChI=1S/C17H14N4O5S2/c1-2-26-14(22)8-11-9-27-16(18-11)20-17-19-15(23)13(28-17)7-10-5-3-4-6-12(10)21(24)25/h3-7,9H,2,8H2,1H3,(H,18,19,20,23)/b13-7+. The Morgan fingerprint density at radius 1 is 1.43 bits per heavy atom. The van der Waals surface area contributed by atoms with E-state index in [9.17, 15) is 19.7 Å². The molecule has 1 aliphatic heterocycles. The number of hydrogen-bond acceptors (Lipinski definition) is 9. The van der Waals surface area contributed by atoms with Gasteiger partial charge in [-0.05, 0) is 30.8 Å². The molecule has 1 aliphatic rings. The van der Waals surface area contributed by atoms with Gasteiger partial charge in [0.05, 0.1) is 34.1 Å². The predicted molar refractivity (Wildman–Crippen MR) is 106 cm³/mol. The number of nitro groups is 1. The Morgan fingerprint density at radius 2 is 2.21 bits per heavy atom. The number of rotatable bonds is 6. The number of para-hydroxylation sites is 1. The Bertz CT molecular complexity index is 999. The third-order valence-electron chi connectivity index (χ3n) is 3.44. The summed E-state index contributed by atoms with van der Waals surface area (Å²) in [7, 11) is 0. The number of thioether (sulfide) groups is 1. The quantitative estimate of drug-likeness (QED) is 0.331. The second-order valence-corrected chi connectivity index (χ2v) is 7.27. The molecule has 9 nitrogen and oxygen atoms in total. The Kier molecular flexibility index (Phi) is 6.16. The van der Waals surface area contributed by atoms with Crippen molar-refractivity contribution in [2.75, 3.05) is 6.61 Å². The minimum Gasteiger partial charge on any atom is -0.466 e. The van der Waals surface area contributed by atoms with E-state index in [1.54, 1.807) is 30.5 Å². The highest BCUT2D eigenvalue weighted by Gasteiger charge is 2.25. The van der Waals surface area contributed by atoms with Gasteiger partial charge in [0, 0.05) is 11.4 Å². The van der Waals surface area contributed by atoms with Crippen molar-refractivity contribution >= 4 is 57.0 Å².